The first-order valence-electron chi connectivity index (χ1n) is 9.46. The Hall–Kier alpha value is -3.16. The normalized spacial score (nSPS) is 18.1. The monoisotopic (exact) mass is 380 g/mol. The van der Waals surface area contributed by atoms with Crippen LogP contribution in [0.3, 0.4) is 0 Å². The molecule has 1 aliphatic heterocycles. The van der Waals surface area contributed by atoms with Crippen LogP contribution in [0, 0.1) is 5.82 Å². The van der Waals surface area contributed by atoms with Gasteiger partial charge in [0.15, 0.2) is 5.65 Å². The van der Waals surface area contributed by atoms with Crippen LogP contribution in [-0.4, -0.2) is 39.3 Å². The summed E-state index contributed by atoms with van der Waals surface area (Å²) in [5, 5.41) is 7.63. The maximum atomic E-state index is 14.1. The van der Waals surface area contributed by atoms with Crippen molar-refractivity contribution in [3.8, 4) is 5.88 Å². The molecular formula is C20H21FN6O. The minimum Gasteiger partial charge on any atom is -0.476 e. The van der Waals surface area contributed by atoms with E-state index in [-0.39, 0.29) is 11.4 Å². The van der Waals surface area contributed by atoms with Gasteiger partial charge in [0.05, 0.1) is 23.5 Å². The predicted molar refractivity (Wildman–Crippen MR) is 104 cm³/mol. The Kier molecular flexibility index (Phi) is 3.75. The molecular weight excluding hydrogens is 359 g/mol. The summed E-state index contributed by atoms with van der Waals surface area (Å²) in [4.78, 5) is 11.3. The molecule has 1 aliphatic carbocycles. The van der Waals surface area contributed by atoms with Crippen molar-refractivity contribution >= 4 is 17.2 Å². The Balaban J connectivity index is 1.71. The first-order chi connectivity index (χ1) is 13.6. The van der Waals surface area contributed by atoms with E-state index in [0.29, 0.717) is 19.0 Å². The van der Waals surface area contributed by atoms with Crippen LogP contribution < -0.4 is 15.0 Å². The summed E-state index contributed by atoms with van der Waals surface area (Å²) in [6.07, 6.45) is 6.65. The van der Waals surface area contributed by atoms with Crippen molar-refractivity contribution in [1.82, 2.24) is 24.9 Å². The number of aromatic nitrogens is 4. The van der Waals surface area contributed by atoms with Crippen molar-refractivity contribution in [2.24, 2.45) is 0 Å². The van der Waals surface area contributed by atoms with E-state index in [4.69, 9.17) is 9.72 Å². The number of ether oxygens (including phenoxy) is 1. The quantitative estimate of drug-likeness (QED) is 0.700. The maximum Gasteiger partial charge on any atom is 0.219 e. The van der Waals surface area contributed by atoms with Gasteiger partial charge in [-0.1, -0.05) is 6.58 Å². The number of fused-ring (bicyclic) bond motifs is 3. The highest BCUT2D eigenvalue weighted by Gasteiger charge is 2.52. The average Bonchev–Trinajstić information content (AvgIpc) is 3.37. The molecule has 0 aromatic carbocycles. The van der Waals surface area contributed by atoms with Crippen molar-refractivity contribution in [3.05, 3.63) is 54.2 Å². The summed E-state index contributed by atoms with van der Waals surface area (Å²) in [6, 6.07) is 3.49. The summed E-state index contributed by atoms with van der Waals surface area (Å²) >= 11 is 0. The molecule has 0 atom stereocenters. The number of anilines is 1. The zero-order chi connectivity index (χ0) is 19.3. The Labute approximate surface area is 161 Å². The van der Waals surface area contributed by atoms with Crippen LogP contribution >= 0.6 is 0 Å². The van der Waals surface area contributed by atoms with Crippen molar-refractivity contribution in [2.45, 2.75) is 25.3 Å². The van der Waals surface area contributed by atoms with Crippen molar-refractivity contribution in [3.63, 3.8) is 0 Å². The number of hydrogen-bond donors (Lipinski definition) is 1. The Morgan fingerprint density at radius 3 is 3.00 bits per heavy atom. The van der Waals surface area contributed by atoms with Gasteiger partial charge in [0.2, 0.25) is 5.88 Å². The molecule has 1 fully saturated rings. The van der Waals surface area contributed by atoms with Crippen LogP contribution in [0.15, 0.2) is 37.3 Å². The van der Waals surface area contributed by atoms with Crippen LogP contribution in [-0.2, 0) is 5.54 Å². The molecule has 1 N–H and O–H groups in total. The minimum absolute atomic E-state index is 0.358. The van der Waals surface area contributed by atoms with Crippen LogP contribution in [0.1, 0.15) is 30.9 Å². The van der Waals surface area contributed by atoms with E-state index in [1.807, 2.05) is 12.3 Å². The van der Waals surface area contributed by atoms with Gasteiger partial charge in [-0.15, -0.1) is 0 Å². The molecule has 2 bridgehead atoms. The summed E-state index contributed by atoms with van der Waals surface area (Å²) in [6.45, 7) is 7.85. The molecule has 4 heterocycles. The summed E-state index contributed by atoms with van der Waals surface area (Å²) in [5.41, 5.74) is 2.75. The standard InChI is InChI=1S/C20H21FN6O/c1-3-26-17-4-8-27-18(25-17)15(12-24-27)13(2)22-7-9-28-19-16(20(26)5-6-20)10-14(21)11-23-19/h4,8,10-12,22H,2-3,5-7,9H2,1H3. The van der Waals surface area contributed by atoms with Crippen molar-refractivity contribution in [2.75, 3.05) is 24.6 Å². The van der Waals surface area contributed by atoms with Gasteiger partial charge < -0.3 is 15.0 Å². The Morgan fingerprint density at radius 2 is 2.21 bits per heavy atom. The second-order valence-electron chi connectivity index (χ2n) is 7.15. The first-order valence-corrected chi connectivity index (χ1v) is 9.46. The summed E-state index contributed by atoms with van der Waals surface area (Å²) in [5.74, 6) is 0.937. The first kappa shape index (κ1) is 17.0. The third-order valence-electron chi connectivity index (χ3n) is 5.51. The lowest BCUT2D eigenvalue weighted by Crippen LogP contribution is -2.36. The fourth-order valence-electron chi connectivity index (χ4n) is 4.03. The number of pyridine rings is 1. The molecule has 2 aliphatic rings. The van der Waals surface area contributed by atoms with Crippen LogP contribution in [0.25, 0.3) is 11.3 Å². The molecule has 8 heteroatoms. The lowest BCUT2D eigenvalue weighted by Gasteiger charge is -2.33. The molecule has 1 spiro atoms. The molecule has 1 saturated carbocycles. The van der Waals surface area contributed by atoms with Gasteiger partial charge in [0.1, 0.15) is 18.2 Å². The highest BCUT2D eigenvalue weighted by atomic mass is 19.1. The van der Waals surface area contributed by atoms with Crippen molar-refractivity contribution < 1.29 is 9.13 Å². The number of nitrogens with zero attached hydrogens (tertiary/aromatic N) is 5. The Morgan fingerprint density at radius 1 is 1.36 bits per heavy atom. The SMILES string of the molecule is C=C1NCCOc2ncc(F)cc2C2(CC2)N(CC)c2ccn3ncc1c3n2. The van der Waals surface area contributed by atoms with E-state index in [1.165, 1.54) is 6.20 Å². The number of halogens is 1. The summed E-state index contributed by atoms with van der Waals surface area (Å²) in [7, 11) is 0. The fourth-order valence-corrected chi connectivity index (χ4v) is 4.03. The second kappa shape index (κ2) is 6.19. The molecule has 144 valence electrons. The van der Waals surface area contributed by atoms with Gasteiger partial charge in [0, 0.05) is 30.5 Å². The predicted octanol–water partition coefficient (Wildman–Crippen LogP) is 2.73. The molecule has 28 heavy (non-hydrogen) atoms. The smallest absolute Gasteiger partial charge is 0.219 e. The fraction of sp³-hybridized carbons (Fsp3) is 0.350. The third-order valence-corrected chi connectivity index (χ3v) is 5.51. The highest BCUT2D eigenvalue weighted by molar-refractivity contribution is 5.74. The lowest BCUT2D eigenvalue weighted by atomic mass is 10.0. The lowest BCUT2D eigenvalue weighted by molar-refractivity contribution is 0.301. The van der Waals surface area contributed by atoms with E-state index in [9.17, 15) is 4.39 Å². The van der Waals surface area contributed by atoms with Gasteiger partial charge in [-0.25, -0.2) is 18.9 Å². The van der Waals surface area contributed by atoms with Crippen molar-refractivity contribution in [1.29, 1.82) is 0 Å². The van der Waals surface area contributed by atoms with Crippen LogP contribution in [0.2, 0.25) is 0 Å². The Bertz CT molecular complexity index is 1070. The van der Waals surface area contributed by atoms with E-state index < -0.39 is 0 Å². The zero-order valence-corrected chi connectivity index (χ0v) is 15.7. The van der Waals surface area contributed by atoms with Gasteiger partial charge in [-0.3, -0.25) is 0 Å². The third kappa shape index (κ3) is 2.51. The topological polar surface area (TPSA) is 67.6 Å². The molecule has 0 radical (unpaired) electrons. The number of hydrogen-bond acceptors (Lipinski definition) is 6. The van der Waals surface area contributed by atoms with E-state index in [0.717, 1.165) is 47.7 Å². The van der Waals surface area contributed by atoms with Crippen LogP contribution in [0.4, 0.5) is 10.2 Å². The van der Waals surface area contributed by atoms with Crippen LogP contribution in [0.5, 0.6) is 5.88 Å². The molecule has 3 aromatic heterocycles. The highest BCUT2D eigenvalue weighted by Crippen LogP contribution is 2.54. The average molecular weight is 380 g/mol. The van der Waals surface area contributed by atoms with E-state index in [2.05, 4.69) is 33.8 Å². The second-order valence-corrected chi connectivity index (χ2v) is 7.15. The summed E-state index contributed by atoms with van der Waals surface area (Å²) < 4.78 is 21.8. The molecule has 0 unspecified atom stereocenters. The molecule has 0 saturated heterocycles. The number of nitrogens with one attached hydrogen (secondary N) is 1. The van der Waals surface area contributed by atoms with E-state index in [1.54, 1.807) is 16.8 Å². The van der Waals surface area contributed by atoms with E-state index >= 15 is 0 Å². The molecule has 3 aromatic rings. The minimum atomic E-state index is -0.359. The van der Waals surface area contributed by atoms with Gasteiger partial charge in [-0.2, -0.15) is 5.10 Å². The molecule has 0 amide bonds. The van der Waals surface area contributed by atoms with Gasteiger partial charge in [-0.05, 0) is 31.9 Å². The number of rotatable bonds is 1. The molecule has 5 rings (SSSR count). The van der Waals surface area contributed by atoms with Gasteiger partial charge >= 0.3 is 0 Å². The largest absolute Gasteiger partial charge is 0.476 e. The van der Waals surface area contributed by atoms with Gasteiger partial charge in [0.25, 0.3) is 0 Å². The maximum absolute atomic E-state index is 14.1. The molecule has 7 nitrogen and oxygen atoms in total. The zero-order valence-electron chi connectivity index (χ0n) is 15.7.